The summed E-state index contributed by atoms with van der Waals surface area (Å²) in [6.45, 7) is 0.793. The molecule has 0 saturated carbocycles. The number of hydrogen-bond acceptors (Lipinski definition) is 2. The third-order valence-corrected chi connectivity index (χ3v) is 3.90. The third-order valence-electron chi connectivity index (χ3n) is 3.90. The van der Waals surface area contributed by atoms with E-state index in [0.717, 1.165) is 28.7 Å². The Morgan fingerprint density at radius 2 is 1.81 bits per heavy atom. The van der Waals surface area contributed by atoms with Gasteiger partial charge in [-0.25, -0.2) is 0 Å². The number of nitrogen functional groups attached to an aromatic ring is 1. The van der Waals surface area contributed by atoms with E-state index in [1.807, 2.05) is 24.4 Å². The fourth-order valence-electron chi connectivity index (χ4n) is 2.86. The largest absolute Gasteiger partial charge is 0.398 e. The first-order chi connectivity index (χ1) is 10.3. The van der Waals surface area contributed by atoms with Crippen molar-refractivity contribution in [1.82, 2.24) is 9.55 Å². The quantitative estimate of drug-likeness (QED) is 0.564. The standard InChI is InChI=1S/C18H15N3/c19-16-7-2-8-17-15(16)9-11-21(17)12-14-5-1-4-13-6-3-10-20-18(13)14/h1-11H,12,19H2. The topological polar surface area (TPSA) is 43.8 Å². The Bertz CT molecular complexity index is 932. The first kappa shape index (κ1) is 12.0. The van der Waals surface area contributed by atoms with Crippen molar-refractivity contribution in [2.75, 3.05) is 5.73 Å². The maximum absolute atomic E-state index is 6.03. The van der Waals surface area contributed by atoms with Crippen molar-refractivity contribution in [1.29, 1.82) is 0 Å². The van der Waals surface area contributed by atoms with Crippen molar-refractivity contribution in [3.63, 3.8) is 0 Å². The Morgan fingerprint density at radius 3 is 2.76 bits per heavy atom. The zero-order chi connectivity index (χ0) is 14.2. The average molecular weight is 273 g/mol. The van der Waals surface area contributed by atoms with E-state index in [0.29, 0.717) is 0 Å². The number of aromatic nitrogens is 2. The number of fused-ring (bicyclic) bond motifs is 2. The second-order valence-corrected chi connectivity index (χ2v) is 5.22. The van der Waals surface area contributed by atoms with Crippen LogP contribution in [0.25, 0.3) is 21.8 Å². The predicted octanol–water partition coefficient (Wildman–Crippen LogP) is 3.82. The molecule has 0 unspecified atom stereocenters. The molecule has 0 aliphatic heterocycles. The second-order valence-electron chi connectivity index (χ2n) is 5.22. The number of rotatable bonds is 2. The zero-order valence-electron chi connectivity index (χ0n) is 11.5. The summed E-state index contributed by atoms with van der Waals surface area (Å²) < 4.78 is 2.22. The monoisotopic (exact) mass is 273 g/mol. The van der Waals surface area contributed by atoms with Crippen LogP contribution in [0.5, 0.6) is 0 Å². The fourth-order valence-corrected chi connectivity index (χ4v) is 2.86. The van der Waals surface area contributed by atoms with E-state index < -0.39 is 0 Å². The molecule has 4 aromatic rings. The summed E-state index contributed by atoms with van der Waals surface area (Å²) in [5, 5.41) is 2.27. The van der Waals surface area contributed by atoms with Crippen molar-refractivity contribution in [2.45, 2.75) is 6.54 Å². The summed E-state index contributed by atoms with van der Waals surface area (Å²) in [6, 6.07) is 18.5. The van der Waals surface area contributed by atoms with Crippen molar-refractivity contribution in [3.05, 3.63) is 72.6 Å². The first-order valence-corrected chi connectivity index (χ1v) is 6.99. The number of anilines is 1. The van der Waals surface area contributed by atoms with Gasteiger partial charge in [-0.3, -0.25) is 4.98 Å². The van der Waals surface area contributed by atoms with Gasteiger partial charge >= 0.3 is 0 Å². The van der Waals surface area contributed by atoms with Crippen LogP contribution in [0.3, 0.4) is 0 Å². The van der Waals surface area contributed by atoms with Gasteiger partial charge < -0.3 is 10.3 Å². The molecular formula is C18H15N3. The summed E-state index contributed by atoms with van der Waals surface area (Å²) in [7, 11) is 0. The molecule has 2 N–H and O–H groups in total. The fraction of sp³-hybridized carbons (Fsp3) is 0.0556. The molecule has 2 aromatic carbocycles. The number of nitrogens with two attached hydrogens (primary N) is 1. The minimum atomic E-state index is 0.793. The van der Waals surface area contributed by atoms with Gasteiger partial charge in [-0.2, -0.15) is 0 Å². The molecule has 2 heterocycles. The molecule has 0 fully saturated rings. The van der Waals surface area contributed by atoms with E-state index in [-0.39, 0.29) is 0 Å². The van der Waals surface area contributed by atoms with Gasteiger partial charge in [0.15, 0.2) is 0 Å². The summed E-state index contributed by atoms with van der Waals surface area (Å²) >= 11 is 0. The number of hydrogen-bond donors (Lipinski definition) is 1. The maximum atomic E-state index is 6.03. The predicted molar refractivity (Wildman–Crippen MR) is 87.2 cm³/mol. The zero-order valence-corrected chi connectivity index (χ0v) is 11.5. The van der Waals surface area contributed by atoms with E-state index in [1.165, 1.54) is 10.9 Å². The summed E-state index contributed by atoms with van der Waals surface area (Å²) in [5.41, 5.74) is 10.3. The van der Waals surface area contributed by atoms with Crippen molar-refractivity contribution < 1.29 is 0 Å². The van der Waals surface area contributed by atoms with E-state index in [2.05, 4.69) is 52.1 Å². The molecule has 0 bridgehead atoms. The highest BCUT2D eigenvalue weighted by molar-refractivity contribution is 5.91. The SMILES string of the molecule is Nc1cccc2c1ccn2Cc1cccc2cccnc12. The lowest BCUT2D eigenvalue weighted by molar-refractivity contribution is 0.841. The Balaban J connectivity index is 1.85. The smallest absolute Gasteiger partial charge is 0.0751 e. The summed E-state index contributed by atoms with van der Waals surface area (Å²) in [4.78, 5) is 4.52. The number of pyridine rings is 1. The van der Waals surface area contributed by atoms with Gasteiger partial charge in [-0.15, -0.1) is 0 Å². The second kappa shape index (κ2) is 4.63. The van der Waals surface area contributed by atoms with Gasteiger partial charge in [0.2, 0.25) is 0 Å². The van der Waals surface area contributed by atoms with Gasteiger partial charge in [0, 0.05) is 35.4 Å². The Kier molecular flexibility index (Phi) is 2.64. The molecule has 0 aliphatic rings. The highest BCUT2D eigenvalue weighted by Gasteiger charge is 2.06. The van der Waals surface area contributed by atoms with Crippen molar-refractivity contribution in [2.24, 2.45) is 0 Å². The van der Waals surface area contributed by atoms with E-state index in [1.54, 1.807) is 0 Å². The van der Waals surface area contributed by atoms with E-state index in [4.69, 9.17) is 5.73 Å². The van der Waals surface area contributed by atoms with Crippen LogP contribution in [0, 0.1) is 0 Å². The molecule has 21 heavy (non-hydrogen) atoms. The maximum Gasteiger partial charge on any atom is 0.0751 e. The van der Waals surface area contributed by atoms with Gasteiger partial charge in [0.05, 0.1) is 11.0 Å². The molecule has 0 atom stereocenters. The van der Waals surface area contributed by atoms with Crippen LogP contribution in [0.2, 0.25) is 0 Å². The molecule has 3 heteroatoms. The average Bonchev–Trinajstić information content (AvgIpc) is 2.92. The minimum Gasteiger partial charge on any atom is -0.398 e. The summed E-state index contributed by atoms with van der Waals surface area (Å²) in [5.74, 6) is 0. The molecule has 102 valence electrons. The van der Waals surface area contributed by atoms with Gasteiger partial charge in [-0.1, -0.05) is 30.3 Å². The molecular weight excluding hydrogens is 258 g/mol. The lowest BCUT2D eigenvalue weighted by Gasteiger charge is -2.08. The minimum absolute atomic E-state index is 0.793. The molecule has 0 spiro atoms. The normalized spacial score (nSPS) is 11.2. The lowest BCUT2D eigenvalue weighted by Crippen LogP contribution is -1.99. The van der Waals surface area contributed by atoms with Crippen LogP contribution in [-0.4, -0.2) is 9.55 Å². The molecule has 3 nitrogen and oxygen atoms in total. The third kappa shape index (κ3) is 1.94. The Labute approximate surface area is 122 Å². The molecule has 0 aliphatic carbocycles. The molecule has 4 rings (SSSR count). The molecule has 2 aromatic heterocycles. The Morgan fingerprint density at radius 1 is 0.952 bits per heavy atom. The Hall–Kier alpha value is -2.81. The van der Waals surface area contributed by atoms with E-state index >= 15 is 0 Å². The lowest BCUT2D eigenvalue weighted by atomic mass is 10.1. The van der Waals surface area contributed by atoms with Gasteiger partial charge in [-0.05, 0) is 29.8 Å². The van der Waals surface area contributed by atoms with E-state index in [9.17, 15) is 0 Å². The highest BCUT2D eigenvalue weighted by atomic mass is 15.0. The first-order valence-electron chi connectivity index (χ1n) is 6.99. The van der Waals surface area contributed by atoms with Crippen LogP contribution >= 0.6 is 0 Å². The molecule has 0 saturated heterocycles. The van der Waals surface area contributed by atoms with Crippen LogP contribution in [0.1, 0.15) is 5.56 Å². The van der Waals surface area contributed by atoms with Crippen LogP contribution in [-0.2, 0) is 6.54 Å². The highest BCUT2D eigenvalue weighted by Crippen LogP contribution is 2.24. The summed E-state index contributed by atoms with van der Waals surface area (Å²) in [6.07, 6.45) is 3.93. The van der Waals surface area contributed by atoms with Crippen molar-refractivity contribution >= 4 is 27.5 Å². The number of para-hydroxylation sites is 1. The van der Waals surface area contributed by atoms with Crippen LogP contribution in [0.4, 0.5) is 5.69 Å². The van der Waals surface area contributed by atoms with Gasteiger partial charge in [0.1, 0.15) is 0 Å². The molecule has 0 amide bonds. The molecule has 0 radical (unpaired) electrons. The van der Waals surface area contributed by atoms with Crippen LogP contribution in [0.15, 0.2) is 67.0 Å². The van der Waals surface area contributed by atoms with Crippen molar-refractivity contribution in [3.8, 4) is 0 Å². The number of benzene rings is 2. The van der Waals surface area contributed by atoms with Gasteiger partial charge in [0.25, 0.3) is 0 Å². The van der Waals surface area contributed by atoms with Crippen LogP contribution < -0.4 is 5.73 Å². The number of nitrogens with zero attached hydrogens (tertiary/aromatic N) is 2.